The van der Waals surface area contributed by atoms with Gasteiger partial charge in [-0.25, -0.2) is 0 Å². The molecule has 0 saturated carbocycles. The maximum Gasteiger partial charge on any atom is 0.232 e. The zero-order valence-electron chi connectivity index (χ0n) is 16.5. The van der Waals surface area contributed by atoms with Crippen molar-refractivity contribution in [3.63, 3.8) is 0 Å². The minimum absolute atomic E-state index is 0.120. The van der Waals surface area contributed by atoms with Crippen LogP contribution in [0.4, 0.5) is 0 Å². The fourth-order valence-electron chi connectivity index (χ4n) is 3.95. The molecule has 0 unspecified atom stereocenters. The number of benzene rings is 3. The quantitative estimate of drug-likeness (QED) is 0.519. The Kier molecular flexibility index (Phi) is 4.81. The third-order valence-electron chi connectivity index (χ3n) is 5.43. The summed E-state index contributed by atoms with van der Waals surface area (Å²) in [5, 5.41) is 0.577. The van der Waals surface area contributed by atoms with Gasteiger partial charge in [0.05, 0.1) is 11.1 Å². The first-order valence-electron chi connectivity index (χ1n) is 9.84. The van der Waals surface area contributed by atoms with E-state index in [1.165, 1.54) is 5.56 Å². The highest BCUT2D eigenvalue weighted by Crippen LogP contribution is 2.44. The van der Waals surface area contributed by atoms with Gasteiger partial charge in [0.2, 0.25) is 5.78 Å². The molecule has 3 aromatic rings. The molecule has 2 aliphatic rings. The minimum atomic E-state index is -0.120. The van der Waals surface area contributed by atoms with Gasteiger partial charge in [-0.15, -0.1) is 0 Å². The second kappa shape index (κ2) is 7.63. The van der Waals surface area contributed by atoms with Crippen LogP contribution in [0.2, 0.25) is 5.02 Å². The van der Waals surface area contributed by atoms with Gasteiger partial charge < -0.3 is 9.47 Å². The molecule has 3 aromatic carbocycles. The van der Waals surface area contributed by atoms with Crippen molar-refractivity contribution in [3.05, 3.63) is 99.3 Å². The maximum atomic E-state index is 13.1. The number of hydrogen-bond acceptors (Lipinski definition) is 4. The van der Waals surface area contributed by atoms with E-state index in [-0.39, 0.29) is 11.5 Å². The van der Waals surface area contributed by atoms with E-state index in [1.54, 1.807) is 12.1 Å². The molecule has 0 aliphatic carbocycles. The predicted molar refractivity (Wildman–Crippen MR) is 117 cm³/mol. The van der Waals surface area contributed by atoms with Gasteiger partial charge >= 0.3 is 0 Å². The Bertz CT molecular complexity index is 1170. The molecule has 5 rings (SSSR count). The summed E-state index contributed by atoms with van der Waals surface area (Å²) in [7, 11) is 0. The van der Waals surface area contributed by atoms with Crippen molar-refractivity contribution >= 4 is 23.5 Å². The second-order valence-electron chi connectivity index (χ2n) is 7.58. The topological polar surface area (TPSA) is 38.8 Å². The lowest BCUT2D eigenvalue weighted by atomic mass is 9.98. The number of rotatable bonds is 3. The van der Waals surface area contributed by atoms with Crippen LogP contribution in [0, 0.1) is 6.92 Å². The fourth-order valence-corrected chi connectivity index (χ4v) is 4.14. The standard InChI is InChI=1S/C25H20ClNO3/c1-16-11-21-19(14-27(15-29-21)13-17-7-3-2-4-8-17)25-23(16)24(28)22(30-25)12-18-9-5-6-10-20(18)26/h2-12H,13-15H2,1H3/b22-12-. The van der Waals surface area contributed by atoms with Crippen molar-refractivity contribution < 1.29 is 14.3 Å². The van der Waals surface area contributed by atoms with Crippen molar-refractivity contribution in [2.75, 3.05) is 6.73 Å². The molecule has 4 nitrogen and oxygen atoms in total. The first-order valence-corrected chi connectivity index (χ1v) is 10.2. The largest absolute Gasteiger partial charge is 0.478 e. The van der Waals surface area contributed by atoms with Gasteiger partial charge in [0.15, 0.2) is 5.76 Å². The van der Waals surface area contributed by atoms with E-state index in [0.29, 0.717) is 29.6 Å². The lowest BCUT2D eigenvalue weighted by molar-refractivity contribution is 0.0872. The first-order chi connectivity index (χ1) is 14.6. The van der Waals surface area contributed by atoms with Crippen molar-refractivity contribution in [2.45, 2.75) is 20.0 Å². The summed E-state index contributed by atoms with van der Waals surface area (Å²) in [6, 6.07) is 19.6. The van der Waals surface area contributed by atoms with Crippen LogP contribution in [0.1, 0.15) is 32.6 Å². The SMILES string of the molecule is Cc1cc2c(c3c1C(=O)/C(=C/c1ccccc1Cl)O3)CN(Cc1ccccc1)CO2. The molecule has 0 saturated heterocycles. The predicted octanol–water partition coefficient (Wildman–Crippen LogP) is 5.62. The smallest absolute Gasteiger partial charge is 0.232 e. The van der Waals surface area contributed by atoms with E-state index in [9.17, 15) is 4.79 Å². The van der Waals surface area contributed by atoms with Gasteiger partial charge in [0.1, 0.15) is 18.2 Å². The minimum Gasteiger partial charge on any atom is -0.478 e. The Morgan fingerprint density at radius 2 is 1.87 bits per heavy atom. The van der Waals surface area contributed by atoms with E-state index < -0.39 is 0 Å². The van der Waals surface area contributed by atoms with Gasteiger partial charge in [-0.1, -0.05) is 60.1 Å². The summed E-state index contributed by atoms with van der Waals surface area (Å²) in [5.41, 5.74) is 4.34. The number of hydrogen-bond donors (Lipinski definition) is 0. The molecule has 0 aromatic heterocycles. The first kappa shape index (κ1) is 18.9. The van der Waals surface area contributed by atoms with Crippen LogP contribution in [0.15, 0.2) is 66.4 Å². The summed E-state index contributed by atoms with van der Waals surface area (Å²) in [5.74, 6) is 1.55. The van der Waals surface area contributed by atoms with Crippen molar-refractivity contribution in [1.29, 1.82) is 0 Å². The summed E-state index contributed by atoms with van der Waals surface area (Å²) >= 11 is 6.27. The van der Waals surface area contributed by atoms with E-state index in [0.717, 1.165) is 29.0 Å². The number of aryl methyl sites for hydroxylation is 1. The number of ether oxygens (including phenoxy) is 2. The number of carbonyl (C=O) groups is 1. The van der Waals surface area contributed by atoms with Crippen LogP contribution < -0.4 is 9.47 Å². The lowest BCUT2D eigenvalue weighted by Gasteiger charge is -2.30. The number of nitrogens with zero attached hydrogens (tertiary/aromatic N) is 1. The molecule has 150 valence electrons. The van der Waals surface area contributed by atoms with Crippen molar-refractivity contribution in [1.82, 2.24) is 4.90 Å². The lowest BCUT2D eigenvalue weighted by Crippen LogP contribution is -2.31. The van der Waals surface area contributed by atoms with E-state index >= 15 is 0 Å². The summed E-state index contributed by atoms with van der Waals surface area (Å²) in [4.78, 5) is 15.3. The Hall–Kier alpha value is -3.08. The zero-order valence-corrected chi connectivity index (χ0v) is 17.3. The molecule has 0 radical (unpaired) electrons. The van der Waals surface area contributed by atoms with Crippen LogP contribution in [0.3, 0.4) is 0 Å². The third-order valence-corrected chi connectivity index (χ3v) is 5.77. The highest BCUT2D eigenvalue weighted by atomic mass is 35.5. The molecule has 2 aliphatic heterocycles. The molecule has 0 bridgehead atoms. The Balaban J connectivity index is 1.49. The number of allylic oxidation sites excluding steroid dienone is 1. The Morgan fingerprint density at radius 1 is 1.10 bits per heavy atom. The maximum absolute atomic E-state index is 13.1. The average molecular weight is 418 g/mol. The van der Waals surface area contributed by atoms with Gasteiger partial charge in [0, 0.05) is 18.1 Å². The average Bonchev–Trinajstić information content (AvgIpc) is 3.08. The van der Waals surface area contributed by atoms with E-state index in [2.05, 4.69) is 17.0 Å². The molecule has 0 N–H and O–H groups in total. The molecule has 0 spiro atoms. The number of halogens is 1. The number of Topliss-reactive ketones (excluding diaryl/α,β-unsaturated/α-hetero) is 1. The highest BCUT2D eigenvalue weighted by Gasteiger charge is 2.35. The molecule has 0 atom stereocenters. The summed E-state index contributed by atoms with van der Waals surface area (Å²) in [6.45, 7) is 3.83. The van der Waals surface area contributed by atoms with Crippen molar-refractivity contribution in [3.8, 4) is 11.5 Å². The van der Waals surface area contributed by atoms with E-state index in [1.807, 2.05) is 49.4 Å². The Morgan fingerprint density at radius 3 is 2.67 bits per heavy atom. The molecule has 30 heavy (non-hydrogen) atoms. The number of ketones is 1. The number of fused-ring (bicyclic) bond motifs is 3. The summed E-state index contributed by atoms with van der Waals surface area (Å²) < 4.78 is 12.1. The molecule has 5 heteroatoms. The normalized spacial score (nSPS) is 16.7. The van der Waals surface area contributed by atoms with Crippen LogP contribution >= 0.6 is 11.6 Å². The second-order valence-corrected chi connectivity index (χ2v) is 7.99. The zero-order chi connectivity index (χ0) is 20.7. The van der Waals surface area contributed by atoms with Crippen LogP contribution in [-0.2, 0) is 13.1 Å². The third kappa shape index (κ3) is 3.38. The molecule has 2 heterocycles. The van der Waals surface area contributed by atoms with Crippen LogP contribution in [0.5, 0.6) is 11.5 Å². The van der Waals surface area contributed by atoms with Gasteiger partial charge in [-0.2, -0.15) is 0 Å². The Labute approximate surface area is 180 Å². The summed E-state index contributed by atoms with van der Waals surface area (Å²) in [6.07, 6.45) is 1.71. The molecule has 0 amide bonds. The van der Waals surface area contributed by atoms with Gasteiger partial charge in [-0.3, -0.25) is 9.69 Å². The van der Waals surface area contributed by atoms with Crippen LogP contribution in [-0.4, -0.2) is 17.4 Å². The number of carbonyl (C=O) groups excluding carboxylic acids is 1. The fraction of sp³-hybridized carbons (Fsp3) is 0.160. The molecule has 0 fully saturated rings. The van der Waals surface area contributed by atoms with Crippen LogP contribution in [0.25, 0.3) is 6.08 Å². The van der Waals surface area contributed by atoms with Crippen molar-refractivity contribution in [2.24, 2.45) is 0 Å². The molecular weight excluding hydrogens is 398 g/mol. The van der Waals surface area contributed by atoms with Gasteiger partial charge in [0.25, 0.3) is 0 Å². The molecular formula is C25H20ClNO3. The van der Waals surface area contributed by atoms with Gasteiger partial charge in [-0.05, 0) is 41.8 Å². The van der Waals surface area contributed by atoms with E-state index in [4.69, 9.17) is 21.1 Å². The highest BCUT2D eigenvalue weighted by molar-refractivity contribution is 6.32. The monoisotopic (exact) mass is 417 g/mol.